The fourth-order valence-electron chi connectivity index (χ4n) is 4.46. The van der Waals surface area contributed by atoms with Gasteiger partial charge in [0.1, 0.15) is 11.6 Å². The summed E-state index contributed by atoms with van der Waals surface area (Å²) in [5, 5.41) is 0.554. The molecule has 0 fully saturated rings. The molecule has 1 aliphatic carbocycles. The predicted octanol–water partition coefficient (Wildman–Crippen LogP) is 3.68. The number of allylic oxidation sites excluding steroid dienone is 1. The van der Waals surface area contributed by atoms with Crippen molar-refractivity contribution in [3.63, 3.8) is 0 Å². The zero-order valence-electron chi connectivity index (χ0n) is 18.3. The largest absolute Gasteiger partial charge is 0.425 e. The van der Waals surface area contributed by atoms with E-state index in [1.165, 1.54) is 11.6 Å². The Morgan fingerprint density at radius 3 is 2.36 bits per heavy atom. The minimum Gasteiger partial charge on any atom is -0.425 e. The summed E-state index contributed by atoms with van der Waals surface area (Å²) in [5.74, 6) is -0.317. The van der Waals surface area contributed by atoms with Crippen molar-refractivity contribution in [2.75, 3.05) is 0 Å². The van der Waals surface area contributed by atoms with Crippen molar-refractivity contribution in [2.45, 2.75) is 19.3 Å². The Hall–Kier alpha value is -3.71. The number of nitrogens with zero attached hydrogens (tertiary/aromatic N) is 3. The molecule has 0 saturated carbocycles. The third kappa shape index (κ3) is 3.11. The van der Waals surface area contributed by atoms with E-state index < -0.39 is 17.2 Å². The van der Waals surface area contributed by atoms with Crippen LogP contribution >= 0.6 is 11.6 Å². The second-order valence-corrected chi connectivity index (χ2v) is 8.44. The van der Waals surface area contributed by atoms with Crippen LogP contribution in [0, 0.1) is 0 Å². The zero-order chi connectivity index (χ0) is 23.4. The molecule has 2 heterocycles. The van der Waals surface area contributed by atoms with Gasteiger partial charge < -0.3 is 4.74 Å². The van der Waals surface area contributed by atoms with Crippen molar-refractivity contribution in [2.24, 2.45) is 19.1 Å². The zero-order valence-corrected chi connectivity index (χ0v) is 19.0. The molecule has 1 aliphatic heterocycles. The van der Waals surface area contributed by atoms with Gasteiger partial charge in [-0.2, -0.15) is 0 Å². The smallest absolute Gasteiger partial charge is 0.332 e. The molecule has 3 aromatic rings. The number of carbonyl (C=O) groups excluding carboxylic acids is 1. The summed E-state index contributed by atoms with van der Waals surface area (Å²) in [6, 6.07) is 14.6. The number of ether oxygens (including phenoxy) is 1. The highest BCUT2D eigenvalue weighted by atomic mass is 35.5. The molecule has 5 rings (SSSR count). The van der Waals surface area contributed by atoms with Gasteiger partial charge in [-0.15, -0.1) is 0 Å². The molecule has 0 spiro atoms. The molecule has 2 aromatic carbocycles. The first-order chi connectivity index (χ1) is 15.8. The van der Waals surface area contributed by atoms with Crippen molar-refractivity contribution < 1.29 is 9.53 Å². The SMILES string of the molecule is CCC(=O)OC1=C2C(=Nc3c(c(=O)n(C)c(=O)n3C)C2c2ccc(Cl)cc2)c2ccccc21. The number of hydrogen-bond acceptors (Lipinski definition) is 5. The molecule has 0 bridgehead atoms. The molecule has 166 valence electrons. The van der Waals surface area contributed by atoms with Crippen LogP contribution in [-0.4, -0.2) is 20.8 Å². The Balaban J connectivity index is 1.93. The molecule has 8 heteroatoms. The highest BCUT2D eigenvalue weighted by Crippen LogP contribution is 2.48. The molecular weight excluding hydrogens is 442 g/mol. The highest BCUT2D eigenvalue weighted by molar-refractivity contribution is 6.30. The second-order valence-electron chi connectivity index (χ2n) is 8.00. The van der Waals surface area contributed by atoms with Gasteiger partial charge in [0, 0.05) is 48.2 Å². The van der Waals surface area contributed by atoms with E-state index in [0.29, 0.717) is 33.4 Å². The van der Waals surface area contributed by atoms with Gasteiger partial charge in [0.25, 0.3) is 5.56 Å². The van der Waals surface area contributed by atoms with E-state index in [2.05, 4.69) is 0 Å². The van der Waals surface area contributed by atoms with Crippen LogP contribution in [0.4, 0.5) is 5.82 Å². The third-order valence-corrected chi connectivity index (χ3v) is 6.35. The van der Waals surface area contributed by atoms with Crippen molar-refractivity contribution in [3.8, 4) is 0 Å². The summed E-state index contributed by atoms with van der Waals surface area (Å²) in [7, 11) is 3.04. The van der Waals surface area contributed by atoms with E-state index in [0.717, 1.165) is 21.3 Å². The molecule has 0 amide bonds. The number of aromatic nitrogens is 2. The lowest BCUT2D eigenvalue weighted by Crippen LogP contribution is -2.41. The van der Waals surface area contributed by atoms with Gasteiger partial charge in [-0.3, -0.25) is 18.7 Å². The lowest BCUT2D eigenvalue weighted by molar-refractivity contribution is -0.136. The number of esters is 1. The van der Waals surface area contributed by atoms with E-state index in [1.54, 1.807) is 26.1 Å². The molecule has 2 aliphatic rings. The molecule has 1 aromatic heterocycles. The molecular formula is C25H20ClN3O4. The van der Waals surface area contributed by atoms with E-state index in [-0.39, 0.29) is 12.4 Å². The van der Waals surface area contributed by atoms with Crippen molar-refractivity contribution in [1.29, 1.82) is 0 Å². The van der Waals surface area contributed by atoms with Crippen LogP contribution in [0.5, 0.6) is 0 Å². The predicted molar refractivity (Wildman–Crippen MR) is 126 cm³/mol. The van der Waals surface area contributed by atoms with Crippen LogP contribution < -0.4 is 11.2 Å². The number of hydrogen-bond donors (Lipinski definition) is 0. The fourth-order valence-corrected chi connectivity index (χ4v) is 4.58. The number of fused-ring (bicyclic) bond motifs is 4. The van der Waals surface area contributed by atoms with Crippen LogP contribution in [0.1, 0.15) is 41.5 Å². The number of halogens is 1. The summed E-state index contributed by atoms with van der Waals surface area (Å²) >= 11 is 6.14. The van der Waals surface area contributed by atoms with Gasteiger partial charge >= 0.3 is 11.7 Å². The number of benzene rings is 2. The van der Waals surface area contributed by atoms with Crippen LogP contribution in [0.15, 0.2) is 68.7 Å². The van der Waals surface area contributed by atoms with E-state index >= 15 is 0 Å². The van der Waals surface area contributed by atoms with E-state index in [9.17, 15) is 14.4 Å². The summed E-state index contributed by atoms with van der Waals surface area (Å²) in [6.07, 6.45) is 0.198. The number of aliphatic imine (C=N–C) groups is 1. The van der Waals surface area contributed by atoms with Gasteiger partial charge in [-0.25, -0.2) is 9.79 Å². The van der Waals surface area contributed by atoms with Crippen LogP contribution in [0.2, 0.25) is 5.02 Å². The first-order valence-electron chi connectivity index (χ1n) is 10.5. The molecule has 1 unspecified atom stereocenters. The Morgan fingerprint density at radius 1 is 1.03 bits per heavy atom. The minimum atomic E-state index is -0.609. The maximum absolute atomic E-state index is 13.4. The van der Waals surface area contributed by atoms with Gasteiger partial charge in [-0.05, 0) is 17.7 Å². The molecule has 0 radical (unpaired) electrons. The topological polar surface area (TPSA) is 82.7 Å². The Morgan fingerprint density at radius 2 is 1.70 bits per heavy atom. The first-order valence-corrected chi connectivity index (χ1v) is 10.9. The maximum atomic E-state index is 13.4. The summed E-state index contributed by atoms with van der Waals surface area (Å²) in [4.78, 5) is 43.3. The average Bonchev–Trinajstić information content (AvgIpc) is 3.14. The average molecular weight is 462 g/mol. The van der Waals surface area contributed by atoms with Crippen LogP contribution in [0.25, 0.3) is 5.76 Å². The monoisotopic (exact) mass is 461 g/mol. The molecule has 33 heavy (non-hydrogen) atoms. The van der Waals surface area contributed by atoms with Gasteiger partial charge in [0.15, 0.2) is 0 Å². The van der Waals surface area contributed by atoms with Gasteiger partial charge in [0.05, 0.1) is 11.3 Å². The van der Waals surface area contributed by atoms with E-state index in [4.69, 9.17) is 21.3 Å². The Kier molecular flexibility index (Phi) is 4.94. The number of carbonyl (C=O) groups is 1. The highest BCUT2D eigenvalue weighted by Gasteiger charge is 2.42. The van der Waals surface area contributed by atoms with Crippen molar-refractivity contribution >= 4 is 34.9 Å². The standard InChI is InChI=1S/C25H20ClN3O4/c1-4-17(30)33-22-16-8-6-5-7-15(16)21-19(22)18(13-9-11-14(26)12-10-13)20-23(27-21)28(2)25(32)29(3)24(20)31/h5-12,18H,4H2,1-3H3. The lowest BCUT2D eigenvalue weighted by Gasteiger charge is -2.27. The second kappa shape index (κ2) is 7.71. The summed E-state index contributed by atoms with van der Waals surface area (Å²) in [6.45, 7) is 1.72. The summed E-state index contributed by atoms with van der Waals surface area (Å²) < 4.78 is 8.28. The minimum absolute atomic E-state index is 0.198. The maximum Gasteiger partial charge on any atom is 0.332 e. The molecule has 7 nitrogen and oxygen atoms in total. The molecule has 0 saturated heterocycles. The van der Waals surface area contributed by atoms with E-state index in [1.807, 2.05) is 36.4 Å². The third-order valence-electron chi connectivity index (χ3n) is 6.10. The summed E-state index contributed by atoms with van der Waals surface area (Å²) in [5.41, 5.74) is 2.93. The Labute approximate surface area is 194 Å². The van der Waals surface area contributed by atoms with Gasteiger partial charge in [-0.1, -0.05) is 54.9 Å². The Bertz CT molecular complexity index is 1510. The van der Waals surface area contributed by atoms with Crippen LogP contribution in [-0.2, 0) is 23.6 Å². The fraction of sp³-hybridized carbons (Fsp3) is 0.200. The molecule has 1 atom stereocenters. The normalized spacial score (nSPS) is 16.1. The molecule has 0 N–H and O–H groups in total. The lowest BCUT2D eigenvalue weighted by atomic mass is 9.81. The van der Waals surface area contributed by atoms with Crippen LogP contribution in [0.3, 0.4) is 0 Å². The van der Waals surface area contributed by atoms with Gasteiger partial charge in [0.2, 0.25) is 0 Å². The van der Waals surface area contributed by atoms with Crippen molar-refractivity contribution in [3.05, 3.63) is 102 Å². The van der Waals surface area contributed by atoms with Crippen molar-refractivity contribution in [1.82, 2.24) is 9.13 Å². The first kappa shape index (κ1) is 21.2. The number of rotatable bonds is 3. The quantitative estimate of drug-likeness (QED) is 0.557.